The lowest BCUT2D eigenvalue weighted by Crippen LogP contribution is -2.17. The van der Waals surface area contributed by atoms with Crippen molar-refractivity contribution in [2.45, 2.75) is 13.0 Å². The Morgan fingerprint density at radius 1 is 1.06 bits per heavy atom. The zero-order valence-electron chi connectivity index (χ0n) is 17.5. The van der Waals surface area contributed by atoms with Crippen molar-refractivity contribution in [2.24, 2.45) is 0 Å². The molecule has 0 radical (unpaired) electrons. The second-order valence-corrected chi connectivity index (χ2v) is 7.33. The standard InChI is InChI=1S/C25H18F2N4O2/c1-15-12-22(31(30-15)19-9-4-7-17(14-19)28-2)25(33)29-18-8-3-6-16(13-18)24(32)23-20(26)10-5-11-21(23)27/h3-14,24,32H,1H3,(H,29,33). The first kappa shape index (κ1) is 21.9. The third-order valence-electron chi connectivity index (χ3n) is 5.00. The molecule has 0 aliphatic carbocycles. The number of carbonyl (C=O) groups is 1. The predicted octanol–water partition coefficient (Wildman–Crippen LogP) is 5.34. The molecule has 0 fully saturated rings. The zero-order chi connectivity index (χ0) is 23.5. The highest BCUT2D eigenvalue weighted by atomic mass is 19.1. The minimum atomic E-state index is -1.55. The van der Waals surface area contributed by atoms with Gasteiger partial charge in [-0.05, 0) is 55.0 Å². The molecule has 0 spiro atoms. The van der Waals surface area contributed by atoms with Gasteiger partial charge in [0, 0.05) is 5.69 Å². The number of aromatic nitrogens is 2. The summed E-state index contributed by atoms with van der Waals surface area (Å²) < 4.78 is 29.6. The zero-order valence-corrected chi connectivity index (χ0v) is 17.5. The lowest BCUT2D eigenvalue weighted by molar-refractivity contribution is 0.101. The molecule has 0 bridgehead atoms. The molecule has 2 N–H and O–H groups in total. The molecule has 3 aromatic carbocycles. The van der Waals surface area contributed by atoms with Gasteiger partial charge >= 0.3 is 0 Å². The number of rotatable bonds is 5. The second-order valence-electron chi connectivity index (χ2n) is 7.33. The second kappa shape index (κ2) is 9.02. The van der Waals surface area contributed by atoms with Gasteiger partial charge in [0.05, 0.1) is 23.5 Å². The molecule has 164 valence electrons. The third-order valence-corrected chi connectivity index (χ3v) is 5.00. The van der Waals surface area contributed by atoms with Gasteiger partial charge in [-0.2, -0.15) is 5.10 Å². The first-order valence-corrected chi connectivity index (χ1v) is 9.95. The average Bonchev–Trinajstić information content (AvgIpc) is 3.21. The van der Waals surface area contributed by atoms with Crippen molar-refractivity contribution in [2.75, 3.05) is 5.32 Å². The normalized spacial score (nSPS) is 11.6. The fourth-order valence-corrected chi connectivity index (χ4v) is 3.47. The minimum absolute atomic E-state index is 0.214. The maximum atomic E-state index is 14.1. The summed E-state index contributed by atoms with van der Waals surface area (Å²) in [5, 5.41) is 17.6. The number of nitrogens with zero attached hydrogens (tertiary/aromatic N) is 3. The maximum Gasteiger partial charge on any atom is 0.274 e. The van der Waals surface area contributed by atoms with E-state index in [-0.39, 0.29) is 11.3 Å². The van der Waals surface area contributed by atoms with Crippen molar-refractivity contribution in [3.05, 3.63) is 118 Å². The van der Waals surface area contributed by atoms with E-state index in [0.29, 0.717) is 22.8 Å². The molecule has 0 saturated carbocycles. The molecule has 4 aromatic rings. The third kappa shape index (κ3) is 4.49. The van der Waals surface area contributed by atoms with Gasteiger partial charge in [0.1, 0.15) is 23.4 Å². The Labute approximate surface area is 188 Å². The number of amides is 1. The molecular formula is C25H18F2N4O2. The molecule has 8 heteroatoms. The molecule has 33 heavy (non-hydrogen) atoms. The molecule has 0 aliphatic heterocycles. The molecule has 6 nitrogen and oxygen atoms in total. The molecule has 1 unspecified atom stereocenters. The largest absolute Gasteiger partial charge is 0.383 e. The first-order chi connectivity index (χ1) is 15.9. The number of anilines is 1. The van der Waals surface area contributed by atoms with Crippen molar-refractivity contribution >= 4 is 17.3 Å². The highest BCUT2D eigenvalue weighted by molar-refractivity contribution is 6.03. The Balaban J connectivity index is 1.63. The van der Waals surface area contributed by atoms with Crippen molar-refractivity contribution in [1.29, 1.82) is 0 Å². The lowest BCUT2D eigenvalue weighted by atomic mass is 10.00. The van der Waals surface area contributed by atoms with E-state index in [0.717, 1.165) is 12.1 Å². The van der Waals surface area contributed by atoms with Gasteiger partial charge in [-0.25, -0.2) is 18.3 Å². The van der Waals surface area contributed by atoms with E-state index >= 15 is 0 Å². The van der Waals surface area contributed by atoms with Crippen LogP contribution in [-0.4, -0.2) is 20.8 Å². The summed E-state index contributed by atoms with van der Waals surface area (Å²) in [5.41, 5.74) is 1.89. The fourth-order valence-electron chi connectivity index (χ4n) is 3.47. The minimum Gasteiger partial charge on any atom is -0.383 e. The Kier molecular flexibility index (Phi) is 5.98. The van der Waals surface area contributed by atoms with Gasteiger partial charge in [-0.15, -0.1) is 0 Å². The summed E-state index contributed by atoms with van der Waals surface area (Å²) >= 11 is 0. The van der Waals surface area contributed by atoms with Gasteiger partial charge in [-0.1, -0.05) is 30.3 Å². The van der Waals surface area contributed by atoms with Crippen LogP contribution in [0.3, 0.4) is 0 Å². The van der Waals surface area contributed by atoms with Gasteiger partial charge in [-0.3, -0.25) is 4.79 Å². The SMILES string of the molecule is [C-]#[N+]c1cccc(-n2nc(C)cc2C(=O)Nc2cccc(C(O)c3c(F)cccc3F)c2)c1. The van der Waals surface area contributed by atoms with Crippen molar-refractivity contribution in [1.82, 2.24) is 9.78 Å². The number of aliphatic hydroxyl groups excluding tert-OH is 1. The van der Waals surface area contributed by atoms with E-state index in [9.17, 15) is 18.7 Å². The van der Waals surface area contributed by atoms with Crippen LogP contribution in [0.2, 0.25) is 0 Å². The van der Waals surface area contributed by atoms with Crippen molar-refractivity contribution < 1.29 is 18.7 Å². The first-order valence-electron chi connectivity index (χ1n) is 9.95. The molecule has 1 aromatic heterocycles. The highest BCUT2D eigenvalue weighted by Gasteiger charge is 2.21. The number of hydrogen-bond acceptors (Lipinski definition) is 3. The topological polar surface area (TPSA) is 71.5 Å². The summed E-state index contributed by atoms with van der Waals surface area (Å²) in [6.07, 6.45) is -1.55. The van der Waals surface area contributed by atoms with E-state index in [4.69, 9.17) is 6.57 Å². The van der Waals surface area contributed by atoms with Crippen LogP contribution >= 0.6 is 0 Å². The van der Waals surface area contributed by atoms with Crippen molar-refractivity contribution in [3.63, 3.8) is 0 Å². The van der Waals surface area contributed by atoms with Gasteiger partial charge in [0.25, 0.3) is 5.91 Å². The van der Waals surface area contributed by atoms with E-state index < -0.39 is 29.2 Å². The maximum absolute atomic E-state index is 14.1. The van der Waals surface area contributed by atoms with Crippen LogP contribution in [0.4, 0.5) is 20.2 Å². The van der Waals surface area contributed by atoms with Crippen LogP contribution in [0, 0.1) is 25.1 Å². The van der Waals surface area contributed by atoms with E-state index in [1.807, 2.05) is 0 Å². The number of hydrogen-bond donors (Lipinski definition) is 2. The van der Waals surface area contributed by atoms with Gasteiger partial charge < -0.3 is 10.4 Å². The number of carbonyl (C=O) groups excluding carboxylic acids is 1. The summed E-state index contributed by atoms with van der Waals surface area (Å²) in [5.74, 6) is -2.21. The van der Waals surface area contributed by atoms with Crippen LogP contribution in [0.15, 0.2) is 72.8 Å². The van der Waals surface area contributed by atoms with E-state index in [1.54, 1.807) is 49.4 Å². The molecule has 1 atom stereocenters. The Morgan fingerprint density at radius 3 is 2.48 bits per heavy atom. The Bertz CT molecular complexity index is 1370. The Hall–Kier alpha value is -4.35. The average molecular weight is 444 g/mol. The fraction of sp³-hybridized carbons (Fsp3) is 0.0800. The summed E-state index contributed by atoms with van der Waals surface area (Å²) in [4.78, 5) is 16.4. The number of aliphatic hydroxyl groups is 1. The number of benzene rings is 3. The van der Waals surface area contributed by atoms with Crippen LogP contribution in [0.5, 0.6) is 0 Å². The molecule has 0 saturated heterocycles. The van der Waals surface area contributed by atoms with Crippen LogP contribution < -0.4 is 5.32 Å². The Morgan fingerprint density at radius 2 is 1.76 bits per heavy atom. The predicted molar refractivity (Wildman–Crippen MR) is 119 cm³/mol. The summed E-state index contributed by atoms with van der Waals surface area (Å²) in [6, 6.07) is 17.8. The monoisotopic (exact) mass is 444 g/mol. The molecule has 0 aliphatic rings. The lowest BCUT2D eigenvalue weighted by Gasteiger charge is -2.15. The highest BCUT2D eigenvalue weighted by Crippen LogP contribution is 2.28. The van der Waals surface area contributed by atoms with Crippen LogP contribution in [-0.2, 0) is 0 Å². The molecular weight excluding hydrogens is 426 g/mol. The van der Waals surface area contributed by atoms with Crippen LogP contribution in [0.1, 0.15) is 33.4 Å². The quantitative estimate of drug-likeness (QED) is 0.408. The smallest absolute Gasteiger partial charge is 0.274 e. The van der Waals surface area contributed by atoms with Gasteiger partial charge in [0.15, 0.2) is 5.69 Å². The molecule has 4 rings (SSSR count). The summed E-state index contributed by atoms with van der Waals surface area (Å²) in [6.45, 7) is 8.93. The van der Waals surface area contributed by atoms with Crippen LogP contribution in [0.25, 0.3) is 10.5 Å². The van der Waals surface area contributed by atoms with E-state index in [1.165, 1.54) is 22.9 Å². The number of aryl methyl sites for hydroxylation is 1. The van der Waals surface area contributed by atoms with Gasteiger partial charge in [0.2, 0.25) is 0 Å². The summed E-state index contributed by atoms with van der Waals surface area (Å²) in [7, 11) is 0. The molecule has 1 heterocycles. The molecule has 1 amide bonds. The number of nitrogens with one attached hydrogen (secondary N) is 1. The van der Waals surface area contributed by atoms with E-state index in [2.05, 4.69) is 15.3 Å². The number of halogens is 2. The van der Waals surface area contributed by atoms with Crippen molar-refractivity contribution in [3.8, 4) is 5.69 Å².